The number of amidine groups is 1. The van der Waals surface area contributed by atoms with Crippen molar-refractivity contribution in [2.45, 2.75) is 12.2 Å². The summed E-state index contributed by atoms with van der Waals surface area (Å²) in [4.78, 5) is 0. The molecule has 0 amide bonds. The minimum Gasteiger partial charge on any atom is -1.00 e. The molecule has 0 spiro atoms. The van der Waals surface area contributed by atoms with Crippen LogP contribution >= 0.6 is 11.8 Å². The number of thioether (sulfide) groups is 1. The van der Waals surface area contributed by atoms with Crippen molar-refractivity contribution >= 4 is 16.9 Å². The van der Waals surface area contributed by atoms with Gasteiger partial charge in [0.25, 0.3) is 0 Å². The van der Waals surface area contributed by atoms with Crippen LogP contribution in [-0.4, -0.2) is 5.17 Å². The molecule has 0 fully saturated rings. The van der Waals surface area contributed by atoms with Gasteiger partial charge in [-0.25, -0.2) is 0 Å². The third-order valence-corrected chi connectivity index (χ3v) is 2.45. The van der Waals surface area contributed by atoms with Crippen LogP contribution < -0.4 is 22.7 Å². The summed E-state index contributed by atoms with van der Waals surface area (Å²) in [6.07, 6.45) is 0. The Balaban J connectivity index is 0.00000144. The van der Waals surface area contributed by atoms with Gasteiger partial charge in [-0.15, -0.1) is 0 Å². The highest BCUT2D eigenvalue weighted by Gasteiger charge is 2.05. The van der Waals surface area contributed by atoms with Crippen molar-refractivity contribution in [1.29, 1.82) is 5.41 Å². The fraction of sp³-hybridized carbons (Fsp3) is 0.222. The molecular formula is C9H12BrN2S-. The van der Waals surface area contributed by atoms with E-state index in [1.165, 1.54) is 17.3 Å². The van der Waals surface area contributed by atoms with E-state index in [4.69, 9.17) is 11.1 Å². The number of rotatable bonds is 2. The van der Waals surface area contributed by atoms with Crippen LogP contribution in [0.2, 0.25) is 0 Å². The van der Waals surface area contributed by atoms with Crippen LogP contribution in [0.4, 0.5) is 0 Å². The molecular weight excluding hydrogens is 248 g/mol. The van der Waals surface area contributed by atoms with Crippen molar-refractivity contribution in [3.05, 3.63) is 35.9 Å². The van der Waals surface area contributed by atoms with Crippen molar-refractivity contribution in [1.82, 2.24) is 0 Å². The van der Waals surface area contributed by atoms with Crippen molar-refractivity contribution < 1.29 is 17.0 Å². The molecule has 0 bridgehead atoms. The Morgan fingerprint density at radius 3 is 2.38 bits per heavy atom. The number of halogens is 1. The van der Waals surface area contributed by atoms with E-state index in [0.717, 1.165) is 0 Å². The first-order chi connectivity index (χ1) is 5.70. The summed E-state index contributed by atoms with van der Waals surface area (Å²) in [7, 11) is 0. The first kappa shape index (κ1) is 12.5. The Morgan fingerprint density at radius 2 is 1.92 bits per heavy atom. The molecule has 13 heavy (non-hydrogen) atoms. The predicted octanol–water partition coefficient (Wildman–Crippen LogP) is -0.622. The molecule has 2 nitrogen and oxygen atoms in total. The lowest BCUT2D eigenvalue weighted by Crippen LogP contribution is -3.00. The van der Waals surface area contributed by atoms with Gasteiger partial charge in [0, 0.05) is 5.25 Å². The van der Waals surface area contributed by atoms with E-state index in [9.17, 15) is 0 Å². The number of nitrogens with one attached hydrogen (secondary N) is 1. The average molecular weight is 260 g/mol. The van der Waals surface area contributed by atoms with Crippen LogP contribution in [0.25, 0.3) is 0 Å². The Bertz CT molecular complexity index is 264. The van der Waals surface area contributed by atoms with Crippen LogP contribution in [0.5, 0.6) is 0 Å². The molecule has 0 aliphatic rings. The summed E-state index contributed by atoms with van der Waals surface area (Å²) < 4.78 is 0. The van der Waals surface area contributed by atoms with Gasteiger partial charge in [-0.2, -0.15) is 0 Å². The highest BCUT2D eigenvalue weighted by Crippen LogP contribution is 2.26. The van der Waals surface area contributed by atoms with Crippen LogP contribution in [0.15, 0.2) is 30.3 Å². The fourth-order valence-electron chi connectivity index (χ4n) is 0.983. The molecule has 1 rings (SSSR count). The maximum atomic E-state index is 7.11. The molecule has 1 aromatic rings. The summed E-state index contributed by atoms with van der Waals surface area (Å²) in [5.41, 5.74) is 6.48. The normalized spacial score (nSPS) is 11.5. The highest BCUT2D eigenvalue weighted by atomic mass is 79.9. The van der Waals surface area contributed by atoms with Gasteiger partial charge in [-0.05, 0) is 12.5 Å². The zero-order valence-corrected chi connectivity index (χ0v) is 9.73. The maximum absolute atomic E-state index is 7.11. The van der Waals surface area contributed by atoms with Gasteiger partial charge >= 0.3 is 0 Å². The van der Waals surface area contributed by atoms with Gasteiger partial charge < -0.3 is 22.7 Å². The van der Waals surface area contributed by atoms with E-state index in [-0.39, 0.29) is 27.4 Å². The van der Waals surface area contributed by atoms with E-state index < -0.39 is 0 Å². The van der Waals surface area contributed by atoms with Crippen molar-refractivity contribution in [2.24, 2.45) is 5.73 Å². The molecule has 1 atom stereocenters. The molecule has 0 aliphatic heterocycles. The van der Waals surface area contributed by atoms with Crippen LogP contribution in [0.1, 0.15) is 17.7 Å². The SMILES string of the molecule is CC(SC(=N)N)c1ccccc1.[Br-]. The van der Waals surface area contributed by atoms with E-state index in [0.29, 0.717) is 0 Å². The van der Waals surface area contributed by atoms with Gasteiger partial charge in [-0.3, -0.25) is 5.41 Å². The van der Waals surface area contributed by atoms with Crippen LogP contribution in [-0.2, 0) is 0 Å². The third-order valence-electron chi connectivity index (χ3n) is 1.57. The van der Waals surface area contributed by atoms with E-state index >= 15 is 0 Å². The molecule has 0 aliphatic carbocycles. The van der Waals surface area contributed by atoms with Crippen molar-refractivity contribution in [3.8, 4) is 0 Å². The topological polar surface area (TPSA) is 49.9 Å². The summed E-state index contributed by atoms with van der Waals surface area (Å²) in [5.74, 6) is 0. The van der Waals surface area contributed by atoms with Crippen molar-refractivity contribution in [3.63, 3.8) is 0 Å². The van der Waals surface area contributed by atoms with Gasteiger partial charge in [0.1, 0.15) is 0 Å². The van der Waals surface area contributed by atoms with Crippen LogP contribution in [0, 0.1) is 5.41 Å². The average Bonchev–Trinajstić information content (AvgIpc) is 2.05. The molecule has 1 aromatic carbocycles. The lowest BCUT2D eigenvalue weighted by Gasteiger charge is -2.08. The molecule has 4 heteroatoms. The highest BCUT2D eigenvalue weighted by molar-refractivity contribution is 8.13. The Labute approximate surface area is 93.2 Å². The quantitative estimate of drug-likeness (QED) is 0.550. The Hall–Kier alpha value is -0.480. The number of nitrogens with two attached hydrogens (primary N) is 1. The Morgan fingerprint density at radius 1 is 1.38 bits per heavy atom. The predicted molar refractivity (Wildman–Crippen MR) is 54.4 cm³/mol. The van der Waals surface area contributed by atoms with Crippen molar-refractivity contribution in [2.75, 3.05) is 0 Å². The van der Waals surface area contributed by atoms with Crippen LogP contribution in [0.3, 0.4) is 0 Å². The number of benzene rings is 1. The smallest absolute Gasteiger partial charge is 0.151 e. The molecule has 0 saturated heterocycles. The monoisotopic (exact) mass is 259 g/mol. The molecule has 0 heterocycles. The number of hydrogen-bond donors (Lipinski definition) is 2. The lowest BCUT2D eigenvalue weighted by atomic mass is 10.2. The maximum Gasteiger partial charge on any atom is 0.151 e. The summed E-state index contributed by atoms with van der Waals surface area (Å²) in [5, 5.41) is 7.55. The minimum atomic E-state index is 0. The first-order valence-corrected chi connectivity index (χ1v) is 4.63. The molecule has 0 saturated carbocycles. The zero-order chi connectivity index (χ0) is 8.97. The van der Waals surface area contributed by atoms with E-state index in [1.54, 1.807) is 0 Å². The third kappa shape index (κ3) is 4.33. The number of hydrogen-bond acceptors (Lipinski definition) is 2. The van der Waals surface area contributed by atoms with Gasteiger partial charge in [0.2, 0.25) is 0 Å². The minimum absolute atomic E-state index is 0. The molecule has 72 valence electrons. The second kappa shape index (κ2) is 6.05. The van der Waals surface area contributed by atoms with Gasteiger partial charge in [-0.1, -0.05) is 42.1 Å². The molecule has 3 N–H and O–H groups in total. The standard InChI is InChI=1S/C9H12N2S.BrH/c1-7(12-9(10)11)8-5-3-2-4-6-8;/h2-7H,1H3,(H3,10,11);1H/p-1. The second-order valence-corrected chi connectivity index (χ2v) is 3.92. The summed E-state index contributed by atoms with van der Waals surface area (Å²) >= 11 is 1.37. The van der Waals surface area contributed by atoms with Gasteiger partial charge in [0.15, 0.2) is 5.17 Å². The van der Waals surface area contributed by atoms with E-state index in [2.05, 4.69) is 0 Å². The second-order valence-electron chi connectivity index (χ2n) is 2.54. The van der Waals surface area contributed by atoms with Gasteiger partial charge in [0.05, 0.1) is 0 Å². The zero-order valence-electron chi connectivity index (χ0n) is 7.33. The largest absolute Gasteiger partial charge is 1.00 e. The lowest BCUT2D eigenvalue weighted by molar-refractivity contribution is -0.00000278. The summed E-state index contributed by atoms with van der Waals surface area (Å²) in [6.45, 7) is 2.04. The fourth-order valence-corrected chi connectivity index (χ4v) is 1.66. The first-order valence-electron chi connectivity index (χ1n) is 3.76. The molecule has 0 radical (unpaired) electrons. The van der Waals surface area contributed by atoms with E-state index in [1.807, 2.05) is 37.3 Å². The molecule has 1 unspecified atom stereocenters. The Kier molecular flexibility index (Phi) is 5.82. The summed E-state index contributed by atoms with van der Waals surface area (Å²) in [6, 6.07) is 10.1. The molecule has 0 aromatic heterocycles.